The second-order valence-corrected chi connectivity index (χ2v) is 8.34. The Balaban J connectivity index is 1.32. The van der Waals surface area contributed by atoms with Gasteiger partial charge in [0.25, 0.3) is 0 Å². The number of nitrogens with zero attached hydrogens (tertiary/aromatic N) is 2. The number of halogens is 1. The number of aryl methyl sites for hydroxylation is 1. The minimum atomic E-state index is -0.229. The molecule has 33 heavy (non-hydrogen) atoms. The molecule has 0 aliphatic carbocycles. The highest BCUT2D eigenvalue weighted by molar-refractivity contribution is 5.89. The second-order valence-electron chi connectivity index (χ2n) is 8.34. The van der Waals surface area contributed by atoms with E-state index in [1.807, 2.05) is 35.2 Å². The fourth-order valence-electron chi connectivity index (χ4n) is 3.95. The van der Waals surface area contributed by atoms with Crippen LogP contribution in [0, 0.1) is 18.7 Å². The maximum atomic E-state index is 13.3. The second kappa shape index (κ2) is 10.3. The summed E-state index contributed by atoms with van der Waals surface area (Å²) in [7, 11) is 0. The summed E-state index contributed by atoms with van der Waals surface area (Å²) in [4.78, 5) is 14.4. The predicted octanol–water partition coefficient (Wildman–Crippen LogP) is 5.70. The Bertz CT molecular complexity index is 1140. The van der Waals surface area contributed by atoms with Crippen LogP contribution in [0.25, 0.3) is 6.08 Å². The van der Waals surface area contributed by atoms with Crippen molar-refractivity contribution in [3.63, 3.8) is 0 Å². The van der Waals surface area contributed by atoms with Crippen molar-refractivity contribution in [1.82, 2.24) is 10.1 Å². The van der Waals surface area contributed by atoms with Gasteiger partial charge in [0.15, 0.2) is 5.76 Å². The topological polar surface area (TPSA) is 67.6 Å². The highest BCUT2D eigenvalue weighted by Gasteiger charge is 2.25. The molecule has 1 N–H and O–H groups in total. The molecule has 0 radical (unpaired) electrons. The van der Waals surface area contributed by atoms with E-state index >= 15 is 0 Å². The highest BCUT2D eigenvalue weighted by atomic mass is 19.1. The molecule has 4 rings (SSSR count). The van der Waals surface area contributed by atoms with Gasteiger partial charge in [0.1, 0.15) is 17.3 Å². The number of anilines is 1. The van der Waals surface area contributed by atoms with Crippen LogP contribution in [0.1, 0.15) is 30.2 Å². The number of aromatic nitrogens is 1. The number of piperidine rings is 1. The number of urea groups is 1. The van der Waals surface area contributed by atoms with Crippen LogP contribution in [0.5, 0.6) is 5.75 Å². The molecule has 2 heterocycles. The van der Waals surface area contributed by atoms with E-state index in [1.54, 1.807) is 13.0 Å². The number of carbonyl (C=O) groups is 1. The minimum Gasteiger partial charge on any atom is -0.493 e. The van der Waals surface area contributed by atoms with Crippen molar-refractivity contribution in [3.05, 3.63) is 83.0 Å². The minimum absolute atomic E-state index is 0.138. The largest absolute Gasteiger partial charge is 0.493 e. The summed E-state index contributed by atoms with van der Waals surface area (Å²) >= 11 is 0. The Kier molecular flexibility index (Phi) is 7.07. The molecule has 0 spiro atoms. The van der Waals surface area contributed by atoms with Crippen molar-refractivity contribution in [2.75, 3.05) is 25.0 Å². The average Bonchev–Trinajstić information content (AvgIpc) is 3.20. The zero-order chi connectivity index (χ0) is 23.2. The van der Waals surface area contributed by atoms with Crippen LogP contribution in [-0.4, -0.2) is 35.8 Å². The molecule has 1 atom stereocenters. The van der Waals surface area contributed by atoms with Gasteiger partial charge in [0, 0.05) is 19.5 Å². The summed E-state index contributed by atoms with van der Waals surface area (Å²) in [6.45, 7) is 5.68. The molecule has 7 heteroatoms. The van der Waals surface area contributed by atoms with E-state index in [-0.39, 0.29) is 17.8 Å². The van der Waals surface area contributed by atoms with E-state index < -0.39 is 0 Å². The quantitative estimate of drug-likeness (QED) is 0.524. The third-order valence-corrected chi connectivity index (χ3v) is 5.84. The lowest BCUT2D eigenvalue weighted by molar-refractivity contribution is 0.197. The van der Waals surface area contributed by atoms with Crippen LogP contribution < -0.4 is 10.1 Å². The van der Waals surface area contributed by atoms with Gasteiger partial charge >= 0.3 is 6.03 Å². The Morgan fingerprint density at radius 2 is 2.15 bits per heavy atom. The smallest absolute Gasteiger partial charge is 0.322 e. The van der Waals surface area contributed by atoms with Crippen molar-refractivity contribution in [2.24, 2.45) is 5.92 Å². The van der Waals surface area contributed by atoms with Gasteiger partial charge in [-0.3, -0.25) is 0 Å². The number of likely N-dealkylation sites (tertiary alicyclic amines) is 1. The number of ether oxygens (including phenoxy) is 1. The maximum Gasteiger partial charge on any atom is 0.322 e. The fraction of sp³-hybridized carbons (Fsp3) is 0.308. The molecule has 0 saturated carbocycles. The van der Waals surface area contributed by atoms with Crippen LogP contribution in [0.15, 0.2) is 64.8 Å². The van der Waals surface area contributed by atoms with E-state index in [2.05, 4.69) is 23.5 Å². The predicted molar refractivity (Wildman–Crippen MR) is 126 cm³/mol. The van der Waals surface area contributed by atoms with Gasteiger partial charge in [0.05, 0.1) is 12.8 Å². The van der Waals surface area contributed by atoms with Crippen LogP contribution in [0.4, 0.5) is 14.9 Å². The summed E-state index contributed by atoms with van der Waals surface area (Å²) in [6.07, 6.45) is 5.15. The van der Waals surface area contributed by atoms with Crippen LogP contribution >= 0.6 is 0 Å². The Morgan fingerprint density at radius 1 is 1.30 bits per heavy atom. The number of amides is 2. The number of hydrogen-bond donors (Lipinski definition) is 1. The van der Waals surface area contributed by atoms with Crippen LogP contribution in [0.3, 0.4) is 0 Å². The standard InChI is InChI=1S/C26H28FN3O3/c1-18-17-30(26(31)29-25-16-28-33-19(25)2)11-9-22(18)13-21-6-4-8-24(15-21)32-12-10-20-5-3-7-23(27)14-20/h3-8,13-16,18H,9-12,17H2,1-2H3,(H,29,31)/b22-13+. The molecule has 2 amide bonds. The SMILES string of the molecule is Cc1oncc1NC(=O)N1CC/C(=C\c2cccc(OCCc3cccc(F)c3)c2)C(C)C1. The third-order valence-electron chi connectivity index (χ3n) is 5.84. The molecule has 3 aromatic rings. The zero-order valence-corrected chi connectivity index (χ0v) is 18.9. The molecule has 2 aromatic carbocycles. The molecule has 1 saturated heterocycles. The van der Waals surface area contributed by atoms with Crippen molar-refractivity contribution in [1.29, 1.82) is 0 Å². The van der Waals surface area contributed by atoms with Crippen LogP contribution in [0.2, 0.25) is 0 Å². The monoisotopic (exact) mass is 449 g/mol. The summed E-state index contributed by atoms with van der Waals surface area (Å²) in [5, 5.41) is 6.56. The first-order valence-corrected chi connectivity index (χ1v) is 11.1. The van der Waals surface area contributed by atoms with Crippen molar-refractivity contribution >= 4 is 17.8 Å². The molecular weight excluding hydrogens is 421 g/mol. The van der Waals surface area contributed by atoms with Gasteiger partial charge in [0.2, 0.25) is 0 Å². The molecule has 0 bridgehead atoms. The van der Waals surface area contributed by atoms with Gasteiger partial charge in [-0.05, 0) is 54.7 Å². The fourth-order valence-corrected chi connectivity index (χ4v) is 3.95. The van der Waals surface area contributed by atoms with Crippen molar-refractivity contribution in [3.8, 4) is 5.75 Å². The van der Waals surface area contributed by atoms with E-state index in [4.69, 9.17) is 9.26 Å². The lowest BCUT2D eigenvalue weighted by Gasteiger charge is -2.33. The number of carbonyl (C=O) groups excluding carboxylic acids is 1. The lowest BCUT2D eigenvalue weighted by atomic mass is 9.91. The van der Waals surface area contributed by atoms with Crippen molar-refractivity contribution < 1.29 is 18.4 Å². The first kappa shape index (κ1) is 22.6. The molecule has 1 aromatic heterocycles. The molecule has 1 unspecified atom stereocenters. The number of benzene rings is 2. The Labute approximate surface area is 193 Å². The van der Waals surface area contributed by atoms with E-state index in [0.29, 0.717) is 37.6 Å². The normalized spacial score (nSPS) is 17.2. The molecule has 1 aliphatic rings. The number of nitrogens with one attached hydrogen (secondary N) is 1. The van der Waals surface area contributed by atoms with E-state index in [1.165, 1.54) is 23.9 Å². The summed E-state index contributed by atoms with van der Waals surface area (Å²) < 4.78 is 24.2. The number of rotatable bonds is 6. The first-order valence-electron chi connectivity index (χ1n) is 11.1. The van der Waals surface area contributed by atoms with Crippen LogP contribution in [-0.2, 0) is 6.42 Å². The van der Waals surface area contributed by atoms with E-state index in [9.17, 15) is 9.18 Å². The van der Waals surface area contributed by atoms with Gasteiger partial charge < -0.3 is 19.5 Å². The van der Waals surface area contributed by atoms with Gasteiger partial charge in [-0.2, -0.15) is 0 Å². The number of hydrogen-bond acceptors (Lipinski definition) is 4. The summed E-state index contributed by atoms with van der Waals surface area (Å²) in [6, 6.07) is 14.4. The first-order chi connectivity index (χ1) is 16.0. The average molecular weight is 450 g/mol. The van der Waals surface area contributed by atoms with Gasteiger partial charge in [-0.25, -0.2) is 9.18 Å². The Hall–Kier alpha value is -3.61. The molecule has 1 aliphatic heterocycles. The Morgan fingerprint density at radius 3 is 2.91 bits per heavy atom. The summed E-state index contributed by atoms with van der Waals surface area (Å²) in [5.74, 6) is 1.39. The van der Waals surface area contributed by atoms with Gasteiger partial charge in [-0.15, -0.1) is 0 Å². The highest BCUT2D eigenvalue weighted by Crippen LogP contribution is 2.27. The molecule has 1 fully saturated rings. The maximum absolute atomic E-state index is 13.3. The third kappa shape index (κ3) is 6.00. The van der Waals surface area contributed by atoms with Gasteiger partial charge in [-0.1, -0.05) is 48.0 Å². The molecule has 6 nitrogen and oxygen atoms in total. The summed E-state index contributed by atoms with van der Waals surface area (Å²) in [5.41, 5.74) is 3.88. The zero-order valence-electron chi connectivity index (χ0n) is 18.9. The van der Waals surface area contributed by atoms with E-state index in [0.717, 1.165) is 23.3 Å². The van der Waals surface area contributed by atoms with Crippen molar-refractivity contribution in [2.45, 2.75) is 26.7 Å². The molecular formula is C26H28FN3O3. The lowest BCUT2D eigenvalue weighted by Crippen LogP contribution is -2.42. The molecule has 172 valence electrons.